The molecule has 2 rings (SSSR count). The molecule has 0 heterocycles. The van der Waals surface area contributed by atoms with E-state index in [4.69, 9.17) is 9.47 Å². The Morgan fingerprint density at radius 2 is 1.95 bits per heavy atom. The van der Waals surface area contributed by atoms with Crippen molar-refractivity contribution < 1.29 is 14.3 Å². The Kier molecular flexibility index (Phi) is 4.58. The summed E-state index contributed by atoms with van der Waals surface area (Å²) < 4.78 is 11.3. The number of benzene rings is 2. The lowest BCUT2D eigenvalue weighted by Crippen LogP contribution is -2.05. The second-order valence-electron chi connectivity index (χ2n) is 3.94. The zero-order chi connectivity index (χ0) is 13.7. The van der Waals surface area contributed by atoms with E-state index in [1.54, 1.807) is 31.4 Å². The van der Waals surface area contributed by atoms with E-state index >= 15 is 0 Å². The maximum Gasteiger partial charge on any atom is 0.338 e. The summed E-state index contributed by atoms with van der Waals surface area (Å²) in [4.78, 5) is 11.9. The van der Waals surface area contributed by atoms with Gasteiger partial charge in [-0.2, -0.15) is 0 Å². The summed E-state index contributed by atoms with van der Waals surface area (Å²) in [6, 6.07) is 14.5. The molecule has 4 heteroatoms. The van der Waals surface area contributed by atoms with Crippen LogP contribution in [0.2, 0.25) is 0 Å². The van der Waals surface area contributed by atoms with Gasteiger partial charge in [-0.05, 0) is 35.9 Å². The van der Waals surface area contributed by atoms with Crippen molar-refractivity contribution in [3.8, 4) is 5.75 Å². The third-order valence-electron chi connectivity index (χ3n) is 2.56. The molecule has 0 aliphatic carbocycles. The van der Waals surface area contributed by atoms with Gasteiger partial charge in [-0.3, -0.25) is 0 Å². The van der Waals surface area contributed by atoms with Crippen molar-refractivity contribution in [3.05, 3.63) is 64.1 Å². The number of esters is 1. The van der Waals surface area contributed by atoms with Gasteiger partial charge in [-0.15, -0.1) is 0 Å². The van der Waals surface area contributed by atoms with E-state index in [1.165, 1.54) is 0 Å². The summed E-state index contributed by atoms with van der Waals surface area (Å²) in [5, 5.41) is 0. The minimum Gasteiger partial charge on any atom is -0.497 e. The minimum atomic E-state index is -0.362. The Balaban J connectivity index is 2.01. The number of rotatable bonds is 4. The number of methoxy groups -OCH3 is 1. The Labute approximate surface area is 120 Å². The van der Waals surface area contributed by atoms with Gasteiger partial charge in [0.2, 0.25) is 0 Å². The second-order valence-corrected chi connectivity index (χ2v) is 4.85. The highest BCUT2D eigenvalue weighted by Crippen LogP contribution is 2.15. The van der Waals surface area contributed by atoms with Crippen LogP contribution >= 0.6 is 15.9 Å². The maximum absolute atomic E-state index is 11.9. The van der Waals surface area contributed by atoms with E-state index < -0.39 is 0 Å². The molecule has 0 aliphatic rings. The number of halogens is 1. The van der Waals surface area contributed by atoms with Crippen molar-refractivity contribution in [1.29, 1.82) is 0 Å². The van der Waals surface area contributed by atoms with Crippen LogP contribution in [0.25, 0.3) is 0 Å². The Morgan fingerprint density at radius 3 is 2.68 bits per heavy atom. The Hall–Kier alpha value is -1.81. The molecule has 0 amide bonds. The molecule has 0 aromatic heterocycles. The third-order valence-corrected chi connectivity index (χ3v) is 3.06. The van der Waals surface area contributed by atoms with Gasteiger partial charge in [0.05, 0.1) is 12.7 Å². The van der Waals surface area contributed by atoms with Crippen LogP contribution in [0.5, 0.6) is 5.75 Å². The lowest BCUT2D eigenvalue weighted by molar-refractivity contribution is 0.0472. The fraction of sp³-hybridized carbons (Fsp3) is 0.133. The van der Waals surface area contributed by atoms with E-state index in [0.717, 1.165) is 10.0 Å². The predicted octanol–water partition coefficient (Wildman–Crippen LogP) is 3.81. The molecule has 2 aromatic rings. The molecule has 0 saturated heterocycles. The molecule has 0 unspecified atom stereocenters. The highest BCUT2D eigenvalue weighted by molar-refractivity contribution is 9.10. The van der Waals surface area contributed by atoms with E-state index in [1.807, 2.05) is 24.3 Å². The topological polar surface area (TPSA) is 35.5 Å². The van der Waals surface area contributed by atoms with Crippen molar-refractivity contribution >= 4 is 21.9 Å². The van der Waals surface area contributed by atoms with Crippen molar-refractivity contribution in [3.63, 3.8) is 0 Å². The number of hydrogen-bond acceptors (Lipinski definition) is 3. The molecule has 0 atom stereocenters. The zero-order valence-corrected chi connectivity index (χ0v) is 12.0. The van der Waals surface area contributed by atoms with Crippen LogP contribution in [0, 0.1) is 0 Å². The largest absolute Gasteiger partial charge is 0.497 e. The van der Waals surface area contributed by atoms with Gasteiger partial charge in [0.25, 0.3) is 0 Å². The van der Waals surface area contributed by atoms with Crippen LogP contribution in [0.4, 0.5) is 0 Å². The lowest BCUT2D eigenvalue weighted by Gasteiger charge is -2.06. The van der Waals surface area contributed by atoms with Gasteiger partial charge >= 0.3 is 5.97 Å². The molecule has 0 saturated carbocycles. The number of hydrogen-bond donors (Lipinski definition) is 0. The van der Waals surface area contributed by atoms with Crippen LogP contribution in [0.1, 0.15) is 15.9 Å². The zero-order valence-electron chi connectivity index (χ0n) is 10.4. The van der Waals surface area contributed by atoms with E-state index in [2.05, 4.69) is 15.9 Å². The molecule has 0 spiro atoms. The SMILES string of the molecule is COc1cccc(C(=O)OCc2cccc(Br)c2)c1. The van der Waals surface area contributed by atoms with Gasteiger partial charge < -0.3 is 9.47 Å². The first-order chi connectivity index (χ1) is 9.19. The van der Waals surface area contributed by atoms with Gasteiger partial charge in [-0.1, -0.05) is 34.1 Å². The molecule has 98 valence electrons. The monoisotopic (exact) mass is 320 g/mol. The molecule has 19 heavy (non-hydrogen) atoms. The van der Waals surface area contributed by atoms with Crippen molar-refractivity contribution in [2.45, 2.75) is 6.61 Å². The van der Waals surface area contributed by atoms with Crippen LogP contribution in [0.15, 0.2) is 53.0 Å². The van der Waals surface area contributed by atoms with Crippen molar-refractivity contribution in [2.24, 2.45) is 0 Å². The summed E-state index contributed by atoms with van der Waals surface area (Å²) >= 11 is 3.38. The van der Waals surface area contributed by atoms with Gasteiger partial charge in [0, 0.05) is 4.47 Å². The first kappa shape index (κ1) is 13.6. The summed E-state index contributed by atoms with van der Waals surface area (Å²) in [6.07, 6.45) is 0. The average Bonchev–Trinajstić information content (AvgIpc) is 2.45. The molecule has 0 aliphatic heterocycles. The van der Waals surface area contributed by atoms with Crippen LogP contribution in [0.3, 0.4) is 0 Å². The first-order valence-corrected chi connectivity index (χ1v) is 6.54. The fourth-order valence-electron chi connectivity index (χ4n) is 1.61. The molecule has 3 nitrogen and oxygen atoms in total. The molecule has 0 fully saturated rings. The molecule has 2 aromatic carbocycles. The van der Waals surface area contributed by atoms with E-state index in [0.29, 0.717) is 11.3 Å². The van der Waals surface area contributed by atoms with Crippen molar-refractivity contribution in [2.75, 3.05) is 7.11 Å². The molecule has 0 bridgehead atoms. The summed E-state index contributed by atoms with van der Waals surface area (Å²) in [5.41, 5.74) is 1.42. The fourth-order valence-corrected chi connectivity index (χ4v) is 2.06. The third kappa shape index (κ3) is 3.83. The minimum absolute atomic E-state index is 0.246. The normalized spacial score (nSPS) is 10.0. The Morgan fingerprint density at radius 1 is 1.16 bits per heavy atom. The average molecular weight is 321 g/mol. The summed E-state index contributed by atoms with van der Waals surface area (Å²) in [5.74, 6) is 0.274. The highest BCUT2D eigenvalue weighted by Gasteiger charge is 2.08. The molecule has 0 radical (unpaired) electrons. The highest BCUT2D eigenvalue weighted by atomic mass is 79.9. The summed E-state index contributed by atoms with van der Waals surface area (Å²) in [6.45, 7) is 0.246. The lowest BCUT2D eigenvalue weighted by atomic mass is 10.2. The van der Waals surface area contributed by atoms with Crippen LogP contribution < -0.4 is 4.74 Å². The molecule has 0 N–H and O–H groups in total. The van der Waals surface area contributed by atoms with Crippen molar-refractivity contribution in [1.82, 2.24) is 0 Å². The predicted molar refractivity (Wildman–Crippen MR) is 76.3 cm³/mol. The van der Waals surface area contributed by atoms with Gasteiger partial charge in [0.1, 0.15) is 12.4 Å². The smallest absolute Gasteiger partial charge is 0.338 e. The van der Waals surface area contributed by atoms with E-state index in [-0.39, 0.29) is 12.6 Å². The van der Waals surface area contributed by atoms with Gasteiger partial charge in [0.15, 0.2) is 0 Å². The molecular formula is C15H13BrO3. The van der Waals surface area contributed by atoms with Crippen LogP contribution in [-0.4, -0.2) is 13.1 Å². The number of carbonyl (C=O) groups is 1. The number of carbonyl (C=O) groups excluding carboxylic acids is 1. The quantitative estimate of drug-likeness (QED) is 0.803. The number of ether oxygens (including phenoxy) is 2. The molecular weight excluding hydrogens is 308 g/mol. The summed E-state index contributed by atoms with van der Waals surface area (Å²) in [7, 11) is 1.56. The Bertz CT molecular complexity index is 581. The standard InChI is InChI=1S/C15H13BrO3/c1-18-14-7-3-5-12(9-14)15(17)19-10-11-4-2-6-13(16)8-11/h2-9H,10H2,1H3. The van der Waals surface area contributed by atoms with Gasteiger partial charge in [-0.25, -0.2) is 4.79 Å². The second kappa shape index (κ2) is 6.38. The van der Waals surface area contributed by atoms with Crippen LogP contribution in [-0.2, 0) is 11.3 Å². The maximum atomic E-state index is 11.9. The first-order valence-electron chi connectivity index (χ1n) is 5.74. The van der Waals surface area contributed by atoms with E-state index in [9.17, 15) is 4.79 Å².